The molecule has 3 atom stereocenters. The van der Waals surface area contributed by atoms with E-state index in [-0.39, 0.29) is 36.7 Å². The second kappa shape index (κ2) is 11.9. The molecule has 0 bridgehead atoms. The Morgan fingerprint density at radius 1 is 1.05 bits per heavy atom. The summed E-state index contributed by atoms with van der Waals surface area (Å²) < 4.78 is 0. The monoisotopic (exact) mass is 588 g/mol. The lowest BCUT2D eigenvalue weighted by molar-refractivity contribution is -0.144. The first-order chi connectivity index (χ1) is 20.4. The van der Waals surface area contributed by atoms with Gasteiger partial charge in [-0.2, -0.15) is 0 Å². The van der Waals surface area contributed by atoms with E-state index < -0.39 is 17.4 Å². The van der Waals surface area contributed by atoms with E-state index >= 15 is 0 Å². The van der Waals surface area contributed by atoms with E-state index in [2.05, 4.69) is 10.3 Å². The number of carbonyl (C=O) groups is 3. The Bertz CT molecular complexity index is 1470. The van der Waals surface area contributed by atoms with Crippen LogP contribution >= 0.6 is 11.3 Å². The van der Waals surface area contributed by atoms with Crippen LogP contribution in [0, 0.1) is 11.8 Å². The Labute approximate surface area is 249 Å². The van der Waals surface area contributed by atoms with Crippen LogP contribution in [0.4, 0.5) is 5.82 Å². The molecule has 1 saturated carbocycles. The van der Waals surface area contributed by atoms with E-state index in [0.717, 1.165) is 48.8 Å². The number of carbonyl (C=O) groups excluding carboxylic acids is 2. The molecular formula is C32H36N4O5S. The highest BCUT2D eigenvalue weighted by molar-refractivity contribution is 7.10. The number of nitrogens with one attached hydrogen (secondary N) is 1. The van der Waals surface area contributed by atoms with E-state index in [0.29, 0.717) is 42.3 Å². The van der Waals surface area contributed by atoms with Crippen LogP contribution in [0.25, 0.3) is 22.4 Å². The molecule has 220 valence electrons. The number of hydrogen-bond donors (Lipinski definition) is 3. The molecule has 10 heteroatoms. The number of benzene rings is 1. The van der Waals surface area contributed by atoms with Crippen molar-refractivity contribution in [3.8, 4) is 22.4 Å². The Hall–Kier alpha value is -3.63. The SMILES string of the molecule is O=C(O)C[C@@]1(c2nc(-c3ccccc3-c3ccc(N4CCCC4=O)nc3)cs2)C(=O)N[C@@H](CO)CC[C@@H]1C1CCCC1. The predicted octanol–water partition coefficient (Wildman–Crippen LogP) is 4.79. The third kappa shape index (κ3) is 5.22. The van der Waals surface area contributed by atoms with Gasteiger partial charge in [-0.3, -0.25) is 19.3 Å². The van der Waals surface area contributed by atoms with E-state index in [4.69, 9.17) is 4.98 Å². The third-order valence-corrected chi connectivity index (χ3v) is 10.3. The normalized spacial score (nSPS) is 25.0. The minimum atomic E-state index is -1.31. The molecule has 0 unspecified atom stereocenters. The number of nitrogens with zero attached hydrogens (tertiary/aromatic N) is 3. The van der Waals surface area contributed by atoms with Crippen molar-refractivity contribution in [1.29, 1.82) is 0 Å². The number of amides is 2. The van der Waals surface area contributed by atoms with Crippen molar-refractivity contribution in [3.05, 3.63) is 53.0 Å². The lowest BCUT2D eigenvalue weighted by Crippen LogP contribution is -2.52. The number of aliphatic hydroxyl groups excluding tert-OH is 1. The molecule has 1 aromatic carbocycles. The summed E-state index contributed by atoms with van der Waals surface area (Å²) in [5.74, 6) is -0.584. The van der Waals surface area contributed by atoms with Crippen LogP contribution in [0.1, 0.15) is 62.8 Å². The number of rotatable bonds is 8. The van der Waals surface area contributed by atoms with Gasteiger partial charge in [0.05, 0.1) is 24.8 Å². The number of anilines is 1. The van der Waals surface area contributed by atoms with Crippen molar-refractivity contribution < 1.29 is 24.6 Å². The maximum absolute atomic E-state index is 14.1. The summed E-state index contributed by atoms with van der Waals surface area (Å²) in [4.78, 5) is 49.9. The van der Waals surface area contributed by atoms with Crippen molar-refractivity contribution >= 4 is 34.9 Å². The zero-order valence-corrected chi connectivity index (χ0v) is 24.3. The fourth-order valence-electron chi connectivity index (χ4n) is 7.25. The largest absolute Gasteiger partial charge is 0.481 e. The lowest BCUT2D eigenvalue weighted by Gasteiger charge is -2.38. The molecule has 3 fully saturated rings. The first kappa shape index (κ1) is 28.5. The number of aromatic nitrogens is 2. The first-order valence-electron chi connectivity index (χ1n) is 14.9. The lowest BCUT2D eigenvalue weighted by atomic mass is 9.65. The number of aliphatic carboxylic acids is 1. The van der Waals surface area contributed by atoms with Crippen molar-refractivity contribution in [2.24, 2.45) is 11.8 Å². The zero-order valence-electron chi connectivity index (χ0n) is 23.5. The second-order valence-corrected chi connectivity index (χ2v) is 12.6. The van der Waals surface area contributed by atoms with Gasteiger partial charge in [0.15, 0.2) is 0 Å². The van der Waals surface area contributed by atoms with Gasteiger partial charge in [0.2, 0.25) is 11.8 Å². The van der Waals surface area contributed by atoms with Gasteiger partial charge < -0.3 is 15.5 Å². The van der Waals surface area contributed by atoms with Gasteiger partial charge in [-0.15, -0.1) is 11.3 Å². The van der Waals surface area contributed by atoms with Gasteiger partial charge in [0.1, 0.15) is 16.2 Å². The molecule has 9 nitrogen and oxygen atoms in total. The highest BCUT2D eigenvalue weighted by atomic mass is 32.1. The summed E-state index contributed by atoms with van der Waals surface area (Å²) in [6.07, 6.45) is 8.16. The maximum atomic E-state index is 14.1. The van der Waals surface area contributed by atoms with Gasteiger partial charge in [-0.25, -0.2) is 9.97 Å². The van der Waals surface area contributed by atoms with Gasteiger partial charge in [0.25, 0.3) is 0 Å². The molecule has 1 aliphatic carbocycles. The standard InChI is InChI=1S/C32H36N4O5S/c37-18-22-12-13-25(20-6-1-2-7-20)32(16-29(39)40,30(41)34-22)31-35-26(19-42-31)24-9-4-3-8-23(24)21-11-14-27(33-17-21)36-15-5-10-28(36)38/h3-4,8-9,11,14,17,19-20,22,25,37H,1-2,5-7,10,12-13,15-16,18H2,(H,34,41)(H,39,40)/t22-,25-,32+/m1/s1. The fourth-order valence-corrected chi connectivity index (χ4v) is 8.33. The van der Waals surface area contributed by atoms with Crippen molar-refractivity contribution in [3.63, 3.8) is 0 Å². The highest BCUT2D eigenvalue weighted by Gasteiger charge is 2.55. The Morgan fingerprint density at radius 3 is 2.50 bits per heavy atom. The van der Waals surface area contributed by atoms with Crippen LogP contribution in [0.3, 0.4) is 0 Å². The summed E-state index contributed by atoms with van der Waals surface area (Å²) >= 11 is 1.34. The molecule has 2 saturated heterocycles. The summed E-state index contributed by atoms with van der Waals surface area (Å²) in [7, 11) is 0. The predicted molar refractivity (Wildman–Crippen MR) is 160 cm³/mol. The number of carboxylic acids is 1. The van der Waals surface area contributed by atoms with Crippen molar-refractivity contribution in [2.45, 2.75) is 69.2 Å². The number of hydrogen-bond acceptors (Lipinski definition) is 7. The van der Waals surface area contributed by atoms with E-state index in [1.54, 1.807) is 11.1 Å². The van der Waals surface area contributed by atoms with Gasteiger partial charge in [-0.1, -0.05) is 49.9 Å². The highest BCUT2D eigenvalue weighted by Crippen LogP contribution is 2.50. The summed E-state index contributed by atoms with van der Waals surface area (Å²) in [5.41, 5.74) is 2.00. The van der Waals surface area contributed by atoms with Crippen LogP contribution in [0.2, 0.25) is 0 Å². The van der Waals surface area contributed by atoms with Gasteiger partial charge in [0, 0.05) is 35.7 Å². The molecule has 2 amide bonds. The van der Waals surface area contributed by atoms with Crippen LogP contribution < -0.4 is 10.2 Å². The molecule has 3 aliphatic rings. The number of aliphatic hydroxyl groups is 1. The molecule has 2 aromatic heterocycles. The van der Waals surface area contributed by atoms with Crippen molar-refractivity contribution in [2.75, 3.05) is 18.1 Å². The van der Waals surface area contributed by atoms with Crippen LogP contribution in [-0.2, 0) is 19.8 Å². The Morgan fingerprint density at radius 2 is 1.83 bits per heavy atom. The summed E-state index contributed by atoms with van der Waals surface area (Å²) in [6, 6.07) is 11.3. The first-order valence-corrected chi connectivity index (χ1v) is 15.7. The average molecular weight is 589 g/mol. The molecule has 42 heavy (non-hydrogen) atoms. The van der Waals surface area contributed by atoms with Gasteiger partial charge in [-0.05, 0) is 48.8 Å². The third-order valence-electron chi connectivity index (χ3n) is 9.32. The summed E-state index contributed by atoms with van der Waals surface area (Å²) in [5, 5.41) is 25.5. The minimum absolute atomic E-state index is 0.0877. The average Bonchev–Trinajstić information content (AvgIpc) is 3.77. The summed E-state index contributed by atoms with van der Waals surface area (Å²) in [6.45, 7) is 0.497. The topological polar surface area (TPSA) is 133 Å². The quantitative estimate of drug-likeness (QED) is 0.345. The molecular weight excluding hydrogens is 552 g/mol. The second-order valence-electron chi connectivity index (χ2n) is 11.8. The van der Waals surface area contributed by atoms with E-state index in [1.165, 1.54) is 11.3 Å². The van der Waals surface area contributed by atoms with Crippen LogP contribution in [-0.4, -0.2) is 57.2 Å². The Balaban J connectivity index is 1.40. The van der Waals surface area contributed by atoms with E-state index in [9.17, 15) is 24.6 Å². The molecule has 3 N–H and O–H groups in total. The molecule has 3 aromatic rings. The smallest absolute Gasteiger partial charge is 0.304 e. The van der Waals surface area contributed by atoms with Crippen LogP contribution in [0.15, 0.2) is 48.0 Å². The van der Waals surface area contributed by atoms with Crippen molar-refractivity contribution in [1.82, 2.24) is 15.3 Å². The number of carboxylic acid groups (broad SMARTS) is 1. The molecule has 0 spiro atoms. The molecule has 6 rings (SSSR count). The number of thiazole rings is 1. The molecule has 2 aliphatic heterocycles. The number of pyridine rings is 1. The molecule has 0 radical (unpaired) electrons. The Kier molecular flexibility index (Phi) is 8.09. The van der Waals surface area contributed by atoms with Crippen LogP contribution in [0.5, 0.6) is 0 Å². The zero-order chi connectivity index (χ0) is 29.3. The van der Waals surface area contributed by atoms with E-state index in [1.807, 2.05) is 41.8 Å². The fraction of sp³-hybridized carbons (Fsp3) is 0.469. The minimum Gasteiger partial charge on any atom is -0.481 e. The molecule has 4 heterocycles. The maximum Gasteiger partial charge on any atom is 0.304 e. The van der Waals surface area contributed by atoms with Gasteiger partial charge >= 0.3 is 5.97 Å².